The van der Waals surface area contributed by atoms with Crippen molar-refractivity contribution in [3.8, 4) is 0 Å². The van der Waals surface area contributed by atoms with Gasteiger partial charge in [0.15, 0.2) is 11.5 Å². The molecule has 0 unspecified atom stereocenters. The van der Waals surface area contributed by atoms with Crippen molar-refractivity contribution in [3.63, 3.8) is 0 Å². The van der Waals surface area contributed by atoms with E-state index in [1.807, 2.05) is 0 Å². The monoisotopic (exact) mass is 498 g/mol. The largest absolute Gasteiger partial charge is 0.474 e. The van der Waals surface area contributed by atoms with E-state index in [1.165, 1.54) is 0 Å². The van der Waals surface area contributed by atoms with Crippen LogP contribution in [0.4, 0.5) is 17.5 Å². The smallest absolute Gasteiger partial charge is 0.394 e. The lowest BCUT2D eigenvalue weighted by atomic mass is 10.1. The number of nitrogens with one attached hydrogen (secondary N) is 2. The summed E-state index contributed by atoms with van der Waals surface area (Å²) in [5, 5.41) is 22.2. The number of aromatic nitrogens is 3. The zero-order chi connectivity index (χ0) is 25.7. The lowest BCUT2D eigenvalue weighted by Gasteiger charge is -2.32. The van der Waals surface area contributed by atoms with Gasteiger partial charge in [-0.2, -0.15) is 4.98 Å². The molecule has 4 rings (SSSR count). The average molecular weight is 499 g/mol. The summed E-state index contributed by atoms with van der Waals surface area (Å²) >= 11 is 0. The number of nitrogens with two attached hydrogens (primary N) is 1. The van der Waals surface area contributed by atoms with Gasteiger partial charge in [0.2, 0.25) is 5.95 Å². The number of carbonyl (C=O) groups excluding carboxylic acids is 3. The summed E-state index contributed by atoms with van der Waals surface area (Å²) in [6.07, 6.45) is 1.26. The first-order chi connectivity index (χ1) is 17.3. The van der Waals surface area contributed by atoms with E-state index in [4.69, 9.17) is 15.6 Å². The van der Waals surface area contributed by atoms with Crippen molar-refractivity contribution in [1.82, 2.24) is 25.4 Å². The van der Waals surface area contributed by atoms with Gasteiger partial charge in [-0.25, -0.2) is 4.79 Å². The Labute approximate surface area is 205 Å². The first-order valence-corrected chi connectivity index (χ1v) is 11.4. The molecule has 1 atom stereocenters. The maximum absolute atomic E-state index is 12.7. The minimum absolute atomic E-state index is 0.0800. The molecule has 2 aliphatic heterocycles. The van der Waals surface area contributed by atoms with Gasteiger partial charge >= 0.3 is 11.9 Å². The minimum Gasteiger partial charge on any atom is -0.474 e. The van der Waals surface area contributed by atoms with Crippen LogP contribution in [0.15, 0.2) is 24.3 Å². The Morgan fingerprint density at radius 1 is 1.06 bits per heavy atom. The highest BCUT2D eigenvalue weighted by molar-refractivity contribution is 6.31. The van der Waals surface area contributed by atoms with Crippen molar-refractivity contribution >= 4 is 41.1 Å². The molecule has 2 aromatic rings. The number of morpholine rings is 1. The number of piperidine rings is 1. The van der Waals surface area contributed by atoms with Gasteiger partial charge in [0.1, 0.15) is 0 Å². The molecule has 2 aliphatic rings. The molecule has 36 heavy (non-hydrogen) atoms. The average Bonchev–Trinajstić information content (AvgIpc) is 2.89. The van der Waals surface area contributed by atoms with Crippen LogP contribution in [-0.4, -0.2) is 94.3 Å². The standard InChI is InChI=1S/C22H26N8O6/c23-17(31)16-18(24-14-5-3-13(4-6-14)20(33)29-8-10-36-11-9-29)26-22(28-27-16)30-7-1-2-15(12-30)25-19(32)21(34)35/h3-6,15H,1-2,7-12H2,(H2,23,31)(H,25,32)(H,34,35)(H,24,26,28)/t15-/m1/s1. The maximum Gasteiger partial charge on any atom is 0.394 e. The predicted octanol–water partition coefficient (Wildman–Crippen LogP) is -0.644. The van der Waals surface area contributed by atoms with E-state index in [1.54, 1.807) is 34.1 Å². The van der Waals surface area contributed by atoms with Crippen molar-refractivity contribution in [3.05, 3.63) is 35.5 Å². The summed E-state index contributed by atoms with van der Waals surface area (Å²) < 4.78 is 5.28. The zero-order valence-corrected chi connectivity index (χ0v) is 19.3. The first kappa shape index (κ1) is 24.8. The zero-order valence-electron chi connectivity index (χ0n) is 19.3. The van der Waals surface area contributed by atoms with E-state index in [2.05, 4.69) is 25.8 Å². The molecule has 14 nitrogen and oxygen atoms in total. The number of anilines is 3. The number of hydrogen-bond donors (Lipinski definition) is 4. The van der Waals surface area contributed by atoms with E-state index < -0.39 is 23.8 Å². The highest BCUT2D eigenvalue weighted by atomic mass is 16.5. The van der Waals surface area contributed by atoms with Crippen LogP contribution in [0.5, 0.6) is 0 Å². The second-order valence-electron chi connectivity index (χ2n) is 8.34. The molecule has 14 heteroatoms. The number of amides is 3. The van der Waals surface area contributed by atoms with Gasteiger partial charge < -0.3 is 36.0 Å². The highest BCUT2D eigenvalue weighted by Crippen LogP contribution is 2.22. The number of primary amides is 1. The number of aliphatic carboxylic acids is 1. The molecule has 0 saturated carbocycles. The van der Waals surface area contributed by atoms with E-state index in [9.17, 15) is 19.2 Å². The topological polar surface area (TPSA) is 193 Å². The number of rotatable bonds is 6. The summed E-state index contributed by atoms with van der Waals surface area (Å²) in [6.45, 7) is 2.91. The molecule has 0 radical (unpaired) electrons. The SMILES string of the molecule is NC(=O)c1nnc(N2CCC[C@@H](NC(=O)C(=O)O)C2)nc1Nc1ccc(C(=O)N2CCOCC2)cc1. The third-order valence-electron chi connectivity index (χ3n) is 5.84. The van der Waals surface area contributed by atoms with Crippen LogP contribution in [0.3, 0.4) is 0 Å². The van der Waals surface area contributed by atoms with Crippen molar-refractivity contribution < 1.29 is 29.0 Å². The van der Waals surface area contributed by atoms with E-state index in [0.717, 1.165) is 0 Å². The molecule has 5 N–H and O–H groups in total. The van der Waals surface area contributed by atoms with E-state index in [-0.39, 0.29) is 29.9 Å². The van der Waals surface area contributed by atoms with Gasteiger partial charge in [-0.1, -0.05) is 0 Å². The number of nitrogens with zero attached hydrogens (tertiary/aromatic N) is 5. The van der Waals surface area contributed by atoms with Crippen molar-refractivity contribution in [2.75, 3.05) is 49.6 Å². The molecular formula is C22H26N8O6. The van der Waals surface area contributed by atoms with Crippen LogP contribution in [0.25, 0.3) is 0 Å². The summed E-state index contributed by atoms with van der Waals surface area (Å²) in [4.78, 5) is 54.8. The van der Waals surface area contributed by atoms with Crippen LogP contribution < -0.4 is 21.3 Å². The second-order valence-corrected chi connectivity index (χ2v) is 8.34. The molecule has 1 aromatic carbocycles. The second kappa shape index (κ2) is 10.9. The molecule has 2 saturated heterocycles. The number of carboxylic acid groups (broad SMARTS) is 1. The lowest BCUT2D eigenvalue weighted by Crippen LogP contribution is -2.50. The molecule has 2 fully saturated rings. The Kier molecular flexibility index (Phi) is 7.53. The molecule has 0 bridgehead atoms. The van der Waals surface area contributed by atoms with Gasteiger partial charge in [-0.15, -0.1) is 10.2 Å². The number of carboxylic acids is 1. The quantitative estimate of drug-likeness (QED) is 0.370. The molecule has 0 spiro atoms. The van der Waals surface area contributed by atoms with E-state index in [0.29, 0.717) is 56.9 Å². The fourth-order valence-corrected chi connectivity index (χ4v) is 4.01. The summed E-state index contributed by atoms with van der Waals surface area (Å²) in [6, 6.07) is 6.28. The Morgan fingerprint density at radius 3 is 2.44 bits per heavy atom. The molecular weight excluding hydrogens is 472 g/mol. The Balaban J connectivity index is 1.49. The number of benzene rings is 1. The predicted molar refractivity (Wildman–Crippen MR) is 126 cm³/mol. The van der Waals surface area contributed by atoms with Gasteiger partial charge in [-0.05, 0) is 37.1 Å². The summed E-state index contributed by atoms with van der Waals surface area (Å²) in [5.41, 5.74) is 6.35. The molecule has 190 valence electrons. The van der Waals surface area contributed by atoms with Crippen molar-refractivity contribution in [2.24, 2.45) is 5.73 Å². The number of carbonyl (C=O) groups is 4. The maximum atomic E-state index is 12.7. The highest BCUT2D eigenvalue weighted by Gasteiger charge is 2.27. The Bertz CT molecular complexity index is 1150. The lowest BCUT2D eigenvalue weighted by molar-refractivity contribution is -0.150. The van der Waals surface area contributed by atoms with Gasteiger partial charge in [-0.3, -0.25) is 14.4 Å². The first-order valence-electron chi connectivity index (χ1n) is 11.4. The van der Waals surface area contributed by atoms with Crippen molar-refractivity contribution in [2.45, 2.75) is 18.9 Å². The van der Waals surface area contributed by atoms with Crippen molar-refractivity contribution in [1.29, 1.82) is 0 Å². The van der Waals surface area contributed by atoms with E-state index >= 15 is 0 Å². The van der Waals surface area contributed by atoms with Crippen LogP contribution in [0.1, 0.15) is 33.7 Å². The summed E-state index contributed by atoms with van der Waals surface area (Å²) in [7, 11) is 0. The third-order valence-corrected chi connectivity index (χ3v) is 5.84. The molecule has 1 aromatic heterocycles. The van der Waals surface area contributed by atoms with Crippen LogP contribution in [-0.2, 0) is 14.3 Å². The molecule has 3 heterocycles. The molecule has 3 amide bonds. The van der Waals surface area contributed by atoms with Gasteiger partial charge in [0.05, 0.1) is 13.2 Å². The third kappa shape index (κ3) is 5.83. The molecule has 0 aliphatic carbocycles. The Morgan fingerprint density at radius 2 is 1.78 bits per heavy atom. The number of hydrogen-bond acceptors (Lipinski definition) is 10. The Hall–Kier alpha value is -4.33. The fourth-order valence-electron chi connectivity index (χ4n) is 4.01. The van der Waals surface area contributed by atoms with Crippen LogP contribution >= 0.6 is 0 Å². The normalized spacial score (nSPS) is 17.8. The van der Waals surface area contributed by atoms with Gasteiger partial charge in [0, 0.05) is 43.5 Å². The van der Waals surface area contributed by atoms with Crippen LogP contribution in [0, 0.1) is 0 Å². The van der Waals surface area contributed by atoms with Crippen LogP contribution in [0.2, 0.25) is 0 Å². The number of ether oxygens (including phenoxy) is 1. The fraction of sp³-hybridized carbons (Fsp3) is 0.409. The van der Waals surface area contributed by atoms with Gasteiger partial charge in [0.25, 0.3) is 11.8 Å². The summed E-state index contributed by atoms with van der Waals surface area (Å²) in [5.74, 6) is -3.29. The minimum atomic E-state index is -1.56.